The minimum Gasteiger partial charge on any atom is -0.497 e. The molecule has 174 valence electrons. The Morgan fingerprint density at radius 1 is 0.909 bits per heavy atom. The maximum Gasteiger partial charge on any atom is 0.261 e. The van der Waals surface area contributed by atoms with Gasteiger partial charge in [0.25, 0.3) is 10.0 Å². The Balaban J connectivity index is 1.59. The van der Waals surface area contributed by atoms with Gasteiger partial charge in [-0.3, -0.25) is 9.52 Å². The molecular formula is C24H26N2O5S2. The highest BCUT2D eigenvalue weighted by atomic mass is 32.2. The van der Waals surface area contributed by atoms with Gasteiger partial charge in [-0.05, 0) is 86.6 Å². The topological polar surface area (TPSA) is 93.7 Å². The molecule has 1 amide bonds. The van der Waals surface area contributed by atoms with E-state index in [1.54, 1.807) is 43.5 Å². The van der Waals surface area contributed by atoms with E-state index in [9.17, 15) is 13.2 Å². The molecule has 0 saturated heterocycles. The average molecular weight is 487 g/mol. The van der Waals surface area contributed by atoms with Gasteiger partial charge in [0.05, 0.1) is 23.9 Å². The van der Waals surface area contributed by atoms with Gasteiger partial charge in [0.2, 0.25) is 5.91 Å². The van der Waals surface area contributed by atoms with Crippen molar-refractivity contribution < 1.29 is 22.7 Å². The number of nitrogens with one attached hydrogen (secondary N) is 2. The van der Waals surface area contributed by atoms with Crippen molar-refractivity contribution in [3.05, 3.63) is 72.8 Å². The zero-order chi connectivity index (χ0) is 23.8. The summed E-state index contributed by atoms with van der Waals surface area (Å²) >= 11 is 1.42. The summed E-state index contributed by atoms with van der Waals surface area (Å²) in [7, 11) is -2.16. The van der Waals surface area contributed by atoms with Crippen LogP contribution in [0.4, 0.5) is 11.4 Å². The zero-order valence-corrected chi connectivity index (χ0v) is 20.2. The van der Waals surface area contributed by atoms with Crippen molar-refractivity contribution >= 4 is 39.1 Å². The summed E-state index contributed by atoms with van der Waals surface area (Å²) < 4.78 is 38.4. The van der Waals surface area contributed by atoms with E-state index in [0.717, 1.165) is 10.6 Å². The Labute approximate surface area is 198 Å². The molecule has 33 heavy (non-hydrogen) atoms. The van der Waals surface area contributed by atoms with Crippen LogP contribution >= 0.6 is 11.8 Å². The number of benzene rings is 3. The molecule has 3 rings (SSSR count). The van der Waals surface area contributed by atoms with Crippen molar-refractivity contribution in [2.24, 2.45) is 0 Å². The second kappa shape index (κ2) is 11.1. The monoisotopic (exact) mass is 486 g/mol. The van der Waals surface area contributed by atoms with E-state index in [1.807, 2.05) is 38.1 Å². The van der Waals surface area contributed by atoms with E-state index in [2.05, 4.69) is 10.0 Å². The summed E-state index contributed by atoms with van der Waals surface area (Å²) in [6.07, 6.45) is 0. The Hall–Kier alpha value is -3.17. The number of anilines is 2. The summed E-state index contributed by atoms with van der Waals surface area (Å²) in [5.41, 5.74) is 0.947. The largest absolute Gasteiger partial charge is 0.497 e. The predicted octanol–water partition coefficient (Wildman–Crippen LogP) is 5.01. The molecule has 0 saturated carbocycles. The van der Waals surface area contributed by atoms with Crippen molar-refractivity contribution in [1.29, 1.82) is 0 Å². The van der Waals surface area contributed by atoms with E-state index in [0.29, 0.717) is 23.7 Å². The van der Waals surface area contributed by atoms with Gasteiger partial charge >= 0.3 is 0 Å². The molecule has 0 aliphatic heterocycles. The molecule has 9 heteroatoms. The van der Waals surface area contributed by atoms with Crippen LogP contribution in [0, 0.1) is 0 Å². The van der Waals surface area contributed by atoms with Gasteiger partial charge in [-0.1, -0.05) is 0 Å². The van der Waals surface area contributed by atoms with Crippen molar-refractivity contribution in [2.45, 2.75) is 28.9 Å². The van der Waals surface area contributed by atoms with Crippen LogP contribution in [0.25, 0.3) is 0 Å². The first-order valence-electron chi connectivity index (χ1n) is 10.3. The Kier molecular flexibility index (Phi) is 8.24. The normalized spacial score (nSPS) is 12.0. The molecule has 0 fully saturated rings. The van der Waals surface area contributed by atoms with Crippen molar-refractivity contribution in [3.63, 3.8) is 0 Å². The van der Waals surface area contributed by atoms with E-state index < -0.39 is 10.0 Å². The molecule has 0 aliphatic rings. The van der Waals surface area contributed by atoms with E-state index in [4.69, 9.17) is 9.47 Å². The summed E-state index contributed by atoms with van der Waals surface area (Å²) in [6, 6.07) is 20.2. The molecule has 3 aromatic carbocycles. The maximum absolute atomic E-state index is 12.7. The third kappa shape index (κ3) is 6.90. The second-order valence-corrected chi connectivity index (χ2v) is 10.1. The van der Waals surface area contributed by atoms with Crippen LogP contribution in [0.5, 0.6) is 11.5 Å². The molecular weight excluding hydrogens is 460 g/mol. The summed E-state index contributed by atoms with van der Waals surface area (Å²) in [5.74, 6) is 1.24. The summed E-state index contributed by atoms with van der Waals surface area (Å²) in [5, 5.41) is 2.47. The minimum absolute atomic E-state index is 0.0926. The Morgan fingerprint density at radius 3 is 2.06 bits per heavy atom. The summed E-state index contributed by atoms with van der Waals surface area (Å²) in [4.78, 5) is 13.6. The van der Waals surface area contributed by atoms with E-state index >= 15 is 0 Å². The maximum atomic E-state index is 12.7. The number of carbonyl (C=O) groups is 1. The number of hydrogen-bond acceptors (Lipinski definition) is 6. The molecule has 1 atom stereocenters. The number of methoxy groups -OCH3 is 1. The highest BCUT2D eigenvalue weighted by Gasteiger charge is 2.17. The number of sulfonamides is 1. The van der Waals surface area contributed by atoms with Crippen LogP contribution in [0.3, 0.4) is 0 Å². The number of thioether (sulfide) groups is 1. The molecule has 0 heterocycles. The van der Waals surface area contributed by atoms with Gasteiger partial charge in [0.1, 0.15) is 11.5 Å². The highest BCUT2D eigenvalue weighted by Crippen LogP contribution is 2.26. The van der Waals surface area contributed by atoms with Crippen LogP contribution in [0.1, 0.15) is 13.8 Å². The third-order valence-electron chi connectivity index (χ3n) is 4.59. The van der Waals surface area contributed by atoms with Crippen LogP contribution in [-0.2, 0) is 14.8 Å². The van der Waals surface area contributed by atoms with Gasteiger partial charge in [-0.25, -0.2) is 8.42 Å². The first kappa shape index (κ1) is 24.5. The molecule has 0 radical (unpaired) electrons. The fourth-order valence-electron chi connectivity index (χ4n) is 2.87. The molecule has 7 nitrogen and oxygen atoms in total. The van der Waals surface area contributed by atoms with Gasteiger partial charge in [-0.2, -0.15) is 0 Å². The standard InChI is InChI=1S/C24H26N2O5S2/c1-4-31-21-9-5-19(6-10-21)26-33(28,29)23-15-7-18(8-16-23)25-24(27)17(2)32-22-13-11-20(30-3)12-14-22/h5-17,26H,4H2,1-3H3,(H,25,27). The number of ether oxygens (including phenoxy) is 2. The lowest BCUT2D eigenvalue weighted by Gasteiger charge is -2.13. The number of hydrogen-bond donors (Lipinski definition) is 2. The lowest BCUT2D eigenvalue weighted by Crippen LogP contribution is -2.22. The van der Waals surface area contributed by atoms with Crippen molar-refractivity contribution in [2.75, 3.05) is 23.8 Å². The quantitative estimate of drug-likeness (QED) is 0.391. The van der Waals surface area contributed by atoms with E-state index in [1.165, 1.54) is 23.9 Å². The van der Waals surface area contributed by atoms with Gasteiger partial charge in [0, 0.05) is 16.3 Å². The number of amides is 1. The molecule has 0 spiro atoms. The fraction of sp³-hybridized carbons (Fsp3) is 0.208. The van der Waals surface area contributed by atoms with Crippen LogP contribution in [0.15, 0.2) is 82.6 Å². The lowest BCUT2D eigenvalue weighted by atomic mass is 10.3. The summed E-state index contributed by atoms with van der Waals surface area (Å²) in [6.45, 7) is 4.22. The molecule has 0 aromatic heterocycles. The molecule has 0 aliphatic carbocycles. The number of carbonyl (C=O) groups excluding carboxylic acids is 1. The Morgan fingerprint density at radius 2 is 1.48 bits per heavy atom. The van der Waals surface area contributed by atoms with Gasteiger partial charge in [0.15, 0.2) is 0 Å². The predicted molar refractivity (Wildman–Crippen MR) is 132 cm³/mol. The van der Waals surface area contributed by atoms with Gasteiger partial charge < -0.3 is 14.8 Å². The molecule has 0 bridgehead atoms. The van der Waals surface area contributed by atoms with Crippen LogP contribution in [0.2, 0.25) is 0 Å². The van der Waals surface area contributed by atoms with Crippen molar-refractivity contribution in [1.82, 2.24) is 0 Å². The smallest absolute Gasteiger partial charge is 0.261 e. The molecule has 3 aromatic rings. The molecule has 2 N–H and O–H groups in total. The SMILES string of the molecule is CCOc1ccc(NS(=O)(=O)c2ccc(NC(=O)C(C)Sc3ccc(OC)cc3)cc2)cc1. The first-order chi connectivity index (χ1) is 15.8. The first-order valence-corrected chi connectivity index (χ1v) is 12.6. The highest BCUT2D eigenvalue weighted by molar-refractivity contribution is 8.00. The Bertz CT molecular complexity index is 1160. The van der Waals surface area contributed by atoms with Gasteiger partial charge in [-0.15, -0.1) is 11.8 Å². The van der Waals surface area contributed by atoms with Crippen LogP contribution < -0.4 is 19.5 Å². The minimum atomic E-state index is -3.76. The number of rotatable bonds is 10. The third-order valence-corrected chi connectivity index (χ3v) is 7.10. The fourth-order valence-corrected chi connectivity index (χ4v) is 4.80. The van der Waals surface area contributed by atoms with Crippen LogP contribution in [-0.4, -0.2) is 33.3 Å². The zero-order valence-electron chi connectivity index (χ0n) is 18.6. The molecule has 1 unspecified atom stereocenters. The average Bonchev–Trinajstić information content (AvgIpc) is 2.81. The van der Waals surface area contributed by atoms with E-state index in [-0.39, 0.29) is 16.1 Å². The lowest BCUT2D eigenvalue weighted by molar-refractivity contribution is -0.115. The second-order valence-electron chi connectivity index (χ2n) is 7.01. The van der Waals surface area contributed by atoms with Crippen molar-refractivity contribution in [3.8, 4) is 11.5 Å².